The van der Waals surface area contributed by atoms with Crippen molar-refractivity contribution in [3.63, 3.8) is 0 Å². The van der Waals surface area contributed by atoms with Gasteiger partial charge in [0, 0.05) is 12.3 Å². The normalized spacial score (nSPS) is 49.9. The maximum atomic E-state index is 12.5. The summed E-state index contributed by atoms with van der Waals surface area (Å²) in [6.45, 7) is 5.45. The van der Waals surface area contributed by atoms with Crippen LogP contribution in [0.2, 0.25) is 0 Å². The lowest BCUT2D eigenvalue weighted by Crippen LogP contribution is -2.65. The Balaban J connectivity index is 1.68. The van der Waals surface area contributed by atoms with Crippen molar-refractivity contribution in [3.05, 3.63) is 0 Å². The zero-order chi connectivity index (χ0) is 22.8. The lowest BCUT2D eigenvalue weighted by molar-refractivity contribution is -0.230. The molecule has 3 N–H and O–H groups in total. The summed E-state index contributed by atoms with van der Waals surface area (Å²) in [5.74, 6) is -0.523. The van der Waals surface area contributed by atoms with E-state index in [0.717, 1.165) is 38.5 Å². The Kier molecular flexibility index (Phi) is 5.71. The minimum Gasteiger partial charge on any atom is -0.466 e. The first-order valence-corrected chi connectivity index (χ1v) is 11.8. The fourth-order valence-electron chi connectivity index (χ4n) is 8.44. The van der Waals surface area contributed by atoms with E-state index in [2.05, 4.69) is 6.92 Å². The van der Waals surface area contributed by atoms with Crippen molar-refractivity contribution < 1.29 is 34.4 Å². The molecule has 0 aliphatic heterocycles. The number of esters is 2. The second-order valence-corrected chi connectivity index (χ2v) is 11.2. The van der Waals surface area contributed by atoms with E-state index in [4.69, 9.17) is 9.47 Å². The highest BCUT2D eigenvalue weighted by Gasteiger charge is 2.70. The number of aliphatic hydroxyl groups excluding tert-OH is 2. The maximum absolute atomic E-state index is 12.5. The van der Waals surface area contributed by atoms with Crippen molar-refractivity contribution in [2.24, 2.45) is 34.5 Å². The van der Waals surface area contributed by atoms with Gasteiger partial charge in [-0.05, 0) is 80.5 Å². The number of methoxy groups -OCH3 is 1. The van der Waals surface area contributed by atoms with E-state index in [1.165, 1.54) is 14.0 Å². The highest BCUT2D eigenvalue weighted by atomic mass is 16.6. The Hall–Kier alpha value is -1.18. The van der Waals surface area contributed by atoms with E-state index in [-0.39, 0.29) is 29.3 Å². The third-order valence-electron chi connectivity index (χ3n) is 9.92. The Morgan fingerprint density at radius 2 is 1.77 bits per heavy atom. The summed E-state index contributed by atoms with van der Waals surface area (Å²) >= 11 is 0. The fraction of sp³-hybridized carbons (Fsp3) is 0.917. The lowest BCUT2D eigenvalue weighted by Gasteiger charge is -2.63. The minimum atomic E-state index is -1.58. The molecule has 10 atom stereocenters. The second kappa shape index (κ2) is 7.70. The van der Waals surface area contributed by atoms with E-state index in [1.807, 2.05) is 6.92 Å². The molecule has 0 aromatic rings. The molecule has 4 aliphatic rings. The maximum Gasteiger partial charge on any atom is 0.350 e. The SMILES string of the molecule is COC(=O)C(OC(C)=O)C1(O)CCC2C3CCC4CC(O)CCC4(C)C3C(O)CC21C. The van der Waals surface area contributed by atoms with Crippen molar-refractivity contribution in [2.45, 2.75) is 96.1 Å². The van der Waals surface area contributed by atoms with E-state index < -0.39 is 35.2 Å². The van der Waals surface area contributed by atoms with Gasteiger partial charge in [-0.1, -0.05) is 13.8 Å². The number of carbonyl (C=O) groups excluding carboxylic acids is 2. The van der Waals surface area contributed by atoms with Gasteiger partial charge in [-0.15, -0.1) is 0 Å². The van der Waals surface area contributed by atoms with Gasteiger partial charge in [-0.2, -0.15) is 0 Å². The molecule has 0 amide bonds. The van der Waals surface area contributed by atoms with Crippen molar-refractivity contribution in [1.29, 1.82) is 0 Å². The van der Waals surface area contributed by atoms with Crippen molar-refractivity contribution in [2.75, 3.05) is 7.11 Å². The number of carbonyl (C=O) groups is 2. The van der Waals surface area contributed by atoms with Crippen LogP contribution in [-0.4, -0.2) is 58.3 Å². The largest absolute Gasteiger partial charge is 0.466 e. The summed E-state index contributed by atoms with van der Waals surface area (Å²) in [7, 11) is 1.22. The second-order valence-electron chi connectivity index (χ2n) is 11.2. The number of rotatable bonds is 3. The van der Waals surface area contributed by atoms with Gasteiger partial charge in [0.15, 0.2) is 0 Å². The van der Waals surface area contributed by atoms with Crippen LogP contribution in [0.15, 0.2) is 0 Å². The van der Waals surface area contributed by atoms with Gasteiger partial charge in [0.25, 0.3) is 0 Å². The fourth-order valence-corrected chi connectivity index (χ4v) is 8.44. The molecule has 0 radical (unpaired) electrons. The number of fused-ring (bicyclic) bond motifs is 5. The summed E-state index contributed by atoms with van der Waals surface area (Å²) in [6, 6.07) is 0. The van der Waals surface area contributed by atoms with E-state index in [1.54, 1.807) is 0 Å². The summed E-state index contributed by atoms with van der Waals surface area (Å²) in [4.78, 5) is 24.3. The summed E-state index contributed by atoms with van der Waals surface area (Å²) in [6.07, 6.45) is 3.58. The van der Waals surface area contributed by atoms with Crippen LogP contribution in [0.1, 0.15) is 72.1 Å². The molecule has 4 fully saturated rings. The average Bonchev–Trinajstić information content (AvgIpc) is 2.97. The molecular weight excluding hydrogens is 400 g/mol. The van der Waals surface area contributed by atoms with Crippen molar-refractivity contribution in [1.82, 2.24) is 0 Å². The van der Waals surface area contributed by atoms with Crippen LogP contribution in [0, 0.1) is 34.5 Å². The molecule has 31 heavy (non-hydrogen) atoms. The zero-order valence-electron chi connectivity index (χ0n) is 19.2. The molecule has 176 valence electrons. The van der Waals surface area contributed by atoms with Crippen LogP contribution in [0.3, 0.4) is 0 Å². The monoisotopic (exact) mass is 438 g/mol. The zero-order valence-corrected chi connectivity index (χ0v) is 19.2. The van der Waals surface area contributed by atoms with Gasteiger partial charge in [0.1, 0.15) is 5.60 Å². The molecule has 0 aromatic heterocycles. The molecule has 0 saturated heterocycles. The molecule has 0 bridgehead atoms. The Morgan fingerprint density at radius 1 is 1.06 bits per heavy atom. The highest BCUT2D eigenvalue weighted by Crippen LogP contribution is 2.68. The standard InChI is InChI=1S/C24H38O7/c1-13(25)31-20(21(28)30-4)24(29)10-8-17-16-6-5-14-11-15(26)7-9-22(14,2)19(16)18(27)12-23(17,24)3/h14-20,26-27,29H,5-12H2,1-4H3. The van der Waals surface area contributed by atoms with Crippen LogP contribution >= 0.6 is 0 Å². The van der Waals surface area contributed by atoms with Crippen LogP contribution in [-0.2, 0) is 19.1 Å². The predicted octanol–water partition coefficient (Wildman–Crippen LogP) is 2.20. The quantitative estimate of drug-likeness (QED) is 0.579. The van der Waals surface area contributed by atoms with Gasteiger partial charge in [-0.3, -0.25) is 4.79 Å². The molecular formula is C24H38O7. The minimum absolute atomic E-state index is 0.0266. The molecule has 0 aromatic carbocycles. The number of hydrogen-bond donors (Lipinski definition) is 3. The third kappa shape index (κ3) is 3.25. The van der Waals surface area contributed by atoms with Crippen molar-refractivity contribution in [3.8, 4) is 0 Å². The molecule has 10 unspecified atom stereocenters. The van der Waals surface area contributed by atoms with E-state index >= 15 is 0 Å². The Bertz CT molecular complexity index is 739. The van der Waals surface area contributed by atoms with Crippen LogP contribution in [0.5, 0.6) is 0 Å². The first-order chi connectivity index (χ1) is 14.5. The van der Waals surface area contributed by atoms with E-state index in [9.17, 15) is 24.9 Å². The van der Waals surface area contributed by atoms with Crippen LogP contribution in [0.25, 0.3) is 0 Å². The molecule has 7 heteroatoms. The molecule has 0 spiro atoms. The lowest BCUT2D eigenvalue weighted by atomic mass is 9.43. The molecule has 7 nitrogen and oxygen atoms in total. The van der Waals surface area contributed by atoms with Crippen LogP contribution < -0.4 is 0 Å². The molecule has 4 rings (SSSR count). The predicted molar refractivity (Wildman–Crippen MR) is 112 cm³/mol. The summed E-state index contributed by atoms with van der Waals surface area (Å²) in [5.41, 5.74) is -2.37. The average molecular weight is 439 g/mol. The van der Waals surface area contributed by atoms with Gasteiger partial charge in [-0.25, -0.2) is 4.79 Å². The Morgan fingerprint density at radius 3 is 2.42 bits per heavy atom. The first-order valence-electron chi connectivity index (χ1n) is 11.8. The highest BCUT2D eigenvalue weighted by molar-refractivity contribution is 5.80. The van der Waals surface area contributed by atoms with Gasteiger partial charge in [0.2, 0.25) is 6.10 Å². The number of aliphatic hydroxyl groups is 3. The summed E-state index contributed by atoms with van der Waals surface area (Å²) < 4.78 is 10.2. The first kappa shape index (κ1) is 23.0. The third-order valence-corrected chi connectivity index (χ3v) is 9.92. The topological polar surface area (TPSA) is 113 Å². The van der Waals surface area contributed by atoms with Gasteiger partial charge < -0.3 is 24.8 Å². The van der Waals surface area contributed by atoms with Gasteiger partial charge >= 0.3 is 11.9 Å². The van der Waals surface area contributed by atoms with Gasteiger partial charge in [0.05, 0.1) is 19.3 Å². The summed E-state index contributed by atoms with van der Waals surface area (Å²) in [5, 5.41) is 33.6. The molecule has 4 aliphatic carbocycles. The van der Waals surface area contributed by atoms with Crippen LogP contribution in [0.4, 0.5) is 0 Å². The number of hydrogen-bond acceptors (Lipinski definition) is 7. The molecule has 4 saturated carbocycles. The Labute approximate surface area is 184 Å². The molecule has 0 heterocycles. The smallest absolute Gasteiger partial charge is 0.350 e. The number of ether oxygens (including phenoxy) is 2. The van der Waals surface area contributed by atoms with E-state index in [0.29, 0.717) is 18.8 Å². The van der Waals surface area contributed by atoms with Crippen molar-refractivity contribution >= 4 is 11.9 Å².